The summed E-state index contributed by atoms with van der Waals surface area (Å²) < 4.78 is 40.7. The average molecular weight is 673 g/mol. The Labute approximate surface area is 275 Å². The van der Waals surface area contributed by atoms with Crippen LogP contribution in [0.1, 0.15) is 59.3 Å². The number of pyridine rings is 1. The zero-order valence-corrected chi connectivity index (χ0v) is 27.8. The maximum atomic E-state index is 14.3. The van der Waals surface area contributed by atoms with E-state index in [0.29, 0.717) is 5.75 Å². The molecule has 0 bridgehead atoms. The molecule has 1 aromatic heterocycles. The lowest BCUT2D eigenvalue weighted by atomic mass is 9.85. The Morgan fingerprint density at radius 2 is 1.74 bits per heavy atom. The molecule has 0 aromatic carbocycles. The van der Waals surface area contributed by atoms with E-state index in [1.54, 1.807) is 57.4 Å². The molecule has 2 saturated carbocycles. The lowest BCUT2D eigenvalue weighted by Gasteiger charge is -2.35. The van der Waals surface area contributed by atoms with Gasteiger partial charge in [0.05, 0.1) is 6.54 Å². The van der Waals surface area contributed by atoms with Gasteiger partial charge in [0.1, 0.15) is 35.6 Å². The number of hydrogen-bond donors (Lipinski definition) is 3. The number of carbonyl (C=O) groups excluding carboxylic acids is 4. The summed E-state index contributed by atoms with van der Waals surface area (Å²) in [5.74, 6) is -2.08. The molecule has 1 aromatic rings. The standard InChI is InChI=1S/C32H44N6O8S/c1-5-21-19-32(21,29(41)36-47(43,44)37-16-8-9-17-37)35-27(39)25-18-24(45-23-12-14-33-15-13-23)20-38(25)28(40)26(31(2,3)4)34-30(42)46-22-10-6-7-11-22/h5,8-9,12-15,21-22,24-26H,1,6-7,10-11,16-20H2,2-4H3,(H,34,42)(H,35,39)(H,36,41)/t21-,24-,25-,26-,32-/m1/s1. The van der Waals surface area contributed by atoms with Crippen LogP contribution in [0.3, 0.4) is 0 Å². The third kappa shape index (κ3) is 7.78. The number of hydrogen-bond acceptors (Lipinski definition) is 9. The van der Waals surface area contributed by atoms with Gasteiger partial charge in [-0.1, -0.05) is 39.0 Å². The maximum absolute atomic E-state index is 14.3. The lowest BCUT2D eigenvalue weighted by Crippen LogP contribution is -2.60. The molecular formula is C32H44N6O8S. The molecule has 5 atom stereocenters. The summed E-state index contributed by atoms with van der Waals surface area (Å²) in [6.45, 7) is 9.43. The van der Waals surface area contributed by atoms with Crippen LogP contribution in [0.15, 0.2) is 49.3 Å². The summed E-state index contributed by atoms with van der Waals surface area (Å²) >= 11 is 0. The predicted molar refractivity (Wildman–Crippen MR) is 171 cm³/mol. The predicted octanol–water partition coefficient (Wildman–Crippen LogP) is 1.81. The van der Waals surface area contributed by atoms with Crippen molar-refractivity contribution in [1.82, 2.24) is 29.5 Å². The van der Waals surface area contributed by atoms with Crippen LogP contribution in [-0.2, 0) is 29.3 Å². The van der Waals surface area contributed by atoms with Gasteiger partial charge in [-0.3, -0.25) is 19.4 Å². The van der Waals surface area contributed by atoms with Crippen molar-refractivity contribution in [2.24, 2.45) is 11.3 Å². The third-order valence-corrected chi connectivity index (χ3v) is 10.6. The normalized spacial score (nSPS) is 26.8. The molecule has 2 aliphatic carbocycles. The number of aromatic nitrogens is 1. The Hall–Kier alpha value is -3.98. The average Bonchev–Trinajstić information content (AvgIpc) is 3.51. The molecule has 14 nitrogen and oxygen atoms in total. The zero-order valence-electron chi connectivity index (χ0n) is 27.0. The van der Waals surface area contributed by atoms with Crippen molar-refractivity contribution in [3.05, 3.63) is 49.3 Å². The van der Waals surface area contributed by atoms with Crippen LogP contribution in [-0.4, -0.2) is 95.9 Å². The number of amides is 4. The molecular weight excluding hydrogens is 628 g/mol. The third-order valence-electron chi connectivity index (χ3n) is 9.15. The highest BCUT2D eigenvalue weighted by molar-refractivity contribution is 7.87. The quantitative estimate of drug-likeness (QED) is 0.296. The highest BCUT2D eigenvalue weighted by Crippen LogP contribution is 2.45. The minimum atomic E-state index is -4.16. The second kappa shape index (κ2) is 13.6. The van der Waals surface area contributed by atoms with E-state index in [1.807, 2.05) is 0 Å². The zero-order chi connectivity index (χ0) is 34.0. The first-order chi connectivity index (χ1) is 22.2. The van der Waals surface area contributed by atoms with Crippen molar-refractivity contribution >= 4 is 34.0 Å². The van der Waals surface area contributed by atoms with Gasteiger partial charge < -0.3 is 25.0 Å². The Kier molecular flexibility index (Phi) is 9.96. The number of likely N-dealkylation sites (tertiary alicyclic amines) is 1. The van der Waals surface area contributed by atoms with Crippen molar-refractivity contribution in [1.29, 1.82) is 0 Å². The van der Waals surface area contributed by atoms with E-state index in [0.717, 1.165) is 30.0 Å². The Morgan fingerprint density at radius 3 is 2.34 bits per heavy atom. The van der Waals surface area contributed by atoms with E-state index in [1.165, 1.54) is 11.0 Å². The van der Waals surface area contributed by atoms with Crippen LogP contribution >= 0.6 is 0 Å². The summed E-state index contributed by atoms with van der Waals surface area (Å²) in [6.07, 6.45) is 10.1. The summed E-state index contributed by atoms with van der Waals surface area (Å²) in [7, 11) is -4.16. The first-order valence-corrected chi connectivity index (χ1v) is 17.4. The monoisotopic (exact) mass is 672 g/mol. The minimum Gasteiger partial charge on any atom is -0.488 e. The van der Waals surface area contributed by atoms with Crippen molar-refractivity contribution in [3.8, 4) is 5.75 Å². The fourth-order valence-corrected chi connectivity index (χ4v) is 7.48. The smallest absolute Gasteiger partial charge is 0.408 e. The van der Waals surface area contributed by atoms with Crippen LogP contribution in [0.4, 0.5) is 4.79 Å². The molecule has 4 amide bonds. The lowest BCUT2D eigenvalue weighted by molar-refractivity contribution is -0.143. The maximum Gasteiger partial charge on any atom is 0.408 e. The number of alkyl carbamates (subject to hydrolysis) is 1. The topological polar surface area (TPSA) is 176 Å². The number of rotatable bonds is 11. The van der Waals surface area contributed by atoms with Gasteiger partial charge in [0.25, 0.3) is 5.91 Å². The van der Waals surface area contributed by atoms with Gasteiger partial charge in [-0.15, -0.1) is 6.58 Å². The summed E-state index contributed by atoms with van der Waals surface area (Å²) in [5, 5.41) is 5.51. The van der Waals surface area contributed by atoms with Gasteiger partial charge in [-0.2, -0.15) is 12.7 Å². The minimum absolute atomic E-state index is 0.0194. The summed E-state index contributed by atoms with van der Waals surface area (Å²) in [5.41, 5.74) is -2.33. The number of ether oxygens (including phenoxy) is 2. The summed E-state index contributed by atoms with van der Waals surface area (Å²) in [4.78, 5) is 60.1. The number of nitrogens with one attached hydrogen (secondary N) is 3. The number of carbonyl (C=O) groups is 4. The molecule has 15 heteroatoms. The molecule has 256 valence electrons. The highest BCUT2D eigenvalue weighted by Gasteiger charge is 2.61. The summed E-state index contributed by atoms with van der Waals surface area (Å²) in [6, 6.07) is 1.17. The van der Waals surface area contributed by atoms with Crippen LogP contribution in [0.5, 0.6) is 5.75 Å². The SMILES string of the molecule is C=C[C@@H]1C[C@]1(NC(=O)[C@H]1C[C@@H](Oc2ccncc2)CN1C(=O)[C@@H](NC(=O)OC1CCCC1)C(C)(C)C)C(=O)NS(=O)(=O)N1CC=CC1. The molecule has 47 heavy (non-hydrogen) atoms. The van der Waals surface area contributed by atoms with E-state index in [4.69, 9.17) is 9.47 Å². The molecule has 1 saturated heterocycles. The van der Waals surface area contributed by atoms with Crippen molar-refractivity contribution in [2.75, 3.05) is 19.6 Å². The van der Waals surface area contributed by atoms with Crippen molar-refractivity contribution in [3.63, 3.8) is 0 Å². The first kappa shape index (κ1) is 34.4. The van der Waals surface area contributed by atoms with Gasteiger partial charge in [-0.05, 0) is 49.7 Å². The van der Waals surface area contributed by atoms with Crippen LogP contribution in [0.2, 0.25) is 0 Å². The molecule has 4 aliphatic rings. The largest absolute Gasteiger partial charge is 0.488 e. The molecule has 2 aliphatic heterocycles. The van der Waals surface area contributed by atoms with Crippen LogP contribution < -0.4 is 20.1 Å². The molecule has 3 heterocycles. The van der Waals surface area contributed by atoms with Gasteiger partial charge >= 0.3 is 16.3 Å². The van der Waals surface area contributed by atoms with Crippen LogP contribution in [0.25, 0.3) is 0 Å². The Bertz CT molecular complexity index is 1500. The first-order valence-electron chi connectivity index (χ1n) is 16.0. The van der Waals surface area contributed by atoms with E-state index in [9.17, 15) is 27.6 Å². The fraction of sp³-hybridized carbons (Fsp3) is 0.594. The molecule has 0 unspecified atom stereocenters. The van der Waals surface area contributed by atoms with Crippen molar-refractivity contribution in [2.45, 2.75) is 89.1 Å². The van der Waals surface area contributed by atoms with Gasteiger partial charge in [-0.25, -0.2) is 9.52 Å². The van der Waals surface area contributed by atoms with Gasteiger partial charge in [0.15, 0.2) is 0 Å². The van der Waals surface area contributed by atoms with E-state index < -0.39 is 69.1 Å². The van der Waals surface area contributed by atoms with E-state index in [2.05, 4.69) is 26.9 Å². The number of nitrogens with zero attached hydrogens (tertiary/aromatic N) is 3. The van der Waals surface area contributed by atoms with Crippen LogP contribution in [0, 0.1) is 11.3 Å². The molecule has 3 fully saturated rings. The fourth-order valence-electron chi connectivity index (χ4n) is 6.37. The van der Waals surface area contributed by atoms with Gasteiger partial charge in [0, 0.05) is 37.8 Å². The van der Waals surface area contributed by atoms with E-state index in [-0.39, 0.29) is 38.6 Å². The molecule has 3 N–H and O–H groups in total. The highest BCUT2D eigenvalue weighted by atomic mass is 32.2. The second-order valence-electron chi connectivity index (χ2n) is 13.7. The van der Waals surface area contributed by atoms with Gasteiger partial charge in [0.2, 0.25) is 11.8 Å². The second-order valence-corrected chi connectivity index (χ2v) is 15.3. The Morgan fingerprint density at radius 1 is 1.09 bits per heavy atom. The molecule has 5 rings (SSSR count). The van der Waals surface area contributed by atoms with E-state index >= 15 is 0 Å². The van der Waals surface area contributed by atoms with Crippen molar-refractivity contribution < 1.29 is 37.1 Å². The molecule has 0 spiro atoms. The Balaban J connectivity index is 1.36. The molecule has 0 radical (unpaired) electrons.